The van der Waals surface area contributed by atoms with E-state index in [1.54, 1.807) is 25.6 Å². The van der Waals surface area contributed by atoms with Crippen molar-refractivity contribution in [3.8, 4) is 0 Å². The summed E-state index contributed by atoms with van der Waals surface area (Å²) in [5, 5.41) is 3.30. The molecule has 1 aromatic carbocycles. The number of nitrogens with one attached hydrogen (secondary N) is 1. The fraction of sp³-hybridized carbons (Fsp3) is 0.571. The van der Waals surface area contributed by atoms with Gasteiger partial charge in [0.25, 0.3) is 0 Å². The summed E-state index contributed by atoms with van der Waals surface area (Å²) >= 11 is 1.71. The highest BCUT2D eigenvalue weighted by Gasteiger charge is 2.30. The van der Waals surface area contributed by atoms with E-state index in [2.05, 4.69) is 29.6 Å². The zero-order valence-corrected chi connectivity index (χ0v) is 13.9. The smallest absolute Gasteiger partial charge is 0.153 e. The van der Waals surface area contributed by atoms with Crippen molar-refractivity contribution in [1.82, 2.24) is 5.32 Å². The lowest BCUT2D eigenvalue weighted by Gasteiger charge is -2.25. The first-order valence-corrected chi connectivity index (χ1v) is 9.36. The Balaban J connectivity index is 2.67. The summed E-state index contributed by atoms with van der Waals surface area (Å²) < 4.78 is 22.5. The summed E-state index contributed by atoms with van der Waals surface area (Å²) in [7, 11) is -3.06. The molecule has 0 spiro atoms. The number of hydrogen-bond acceptors (Lipinski definition) is 4. The number of sulfone groups is 1. The Morgan fingerprint density at radius 2 is 1.79 bits per heavy atom. The van der Waals surface area contributed by atoms with Crippen molar-refractivity contribution >= 4 is 21.6 Å². The monoisotopic (exact) mass is 301 g/mol. The van der Waals surface area contributed by atoms with Crippen molar-refractivity contribution < 1.29 is 8.42 Å². The SMILES string of the molecule is CSc1ccc(C(C)NCC(C)(C)S(C)(=O)=O)cc1. The molecule has 5 heteroatoms. The molecule has 0 bridgehead atoms. The third-order valence-electron chi connectivity index (χ3n) is 3.45. The fourth-order valence-electron chi connectivity index (χ4n) is 1.54. The van der Waals surface area contributed by atoms with Crippen molar-refractivity contribution in [1.29, 1.82) is 0 Å². The summed E-state index contributed by atoms with van der Waals surface area (Å²) in [6, 6.07) is 8.46. The molecule has 0 aliphatic heterocycles. The van der Waals surface area contributed by atoms with E-state index in [4.69, 9.17) is 0 Å². The van der Waals surface area contributed by atoms with E-state index >= 15 is 0 Å². The Morgan fingerprint density at radius 1 is 1.26 bits per heavy atom. The van der Waals surface area contributed by atoms with Crippen LogP contribution < -0.4 is 5.32 Å². The van der Waals surface area contributed by atoms with Gasteiger partial charge in [0.1, 0.15) is 0 Å². The van der Waals surface area contributed by atoms with E-state index < -0.39 is 14.6 Å². The standard InChI is InChI=1S/C14H23NO2S2/c1-11(12-6-8-13(18-4)9-7-12)15-10-14(2,3)19(5,16)17/h6-9,11,15H,10H2,1-5H3. The van der Waals surface area contributed by atoms with Crippen LogP contribution in [0.25, 0.3) is 0 Å². The zero-order valence-electron chi connectivity index (χ0n) is 12.2. The average Bonchev–Trinajstić information content (AvgIpc) is 2.35. The van der Waals surface area contributed by atoms with Crippen LogP contribution in [0.4, 0.5) is 0 Å². The average molecular weight is 301 g/mol. The van der Waals surface area contributed by atoms with Gasteiger partial charge in [-0.1, -0.05) is 12.1 Å². The van der Waals surface area contributed by atoms with Crippen LogP contribution >= 0.6 is 11.8 Å². The van der Waals surface area contributed by atoms with Crippen LogP contribution in [0.5, 0.6) is 0 Å². The number of benzene rings is 1. The normalized spacial score (nSPS) is 14.4. The van der Waals surface area contributed by atoms with Crippen LogP contribution in [0, 0.1) is 0 Å². The van der Waals surface area contributed by atoms with Crippen molar-refractivity contribution in [2.24, 2.45) is 0 Å². The van der Waals surface area contributed by atoms with Crippen molar-refractivity contribution in [2.45, 2.75) is 36.5 Å². The van der Waals surface area contributed by atoms with Gasteiger partial charge in [-0.3, -0.25) is 0 Å². The second-order valence-electron chi connectivity index (χ2n) is 5.41. The molecule has 0 amide bonds. The minimum atomic E-state index is -3.06. The summed E-state index contributed by atoms with van der Waals surface area (Å²) in [6.07, 6.45) is 3.33. The van der Waals surface area contributed by atoms with E-state index in [1.165, 1.54) is 16.7 Å². The molecule has 1 unspecified atom stereocenters. The third-order valence-corrected chi connectivity index (χ3v) is 6.35. The van der Waals surface area contributed by atoms with Gasteiger partial charge in [-0.15, -0.1) is 11.8 Å². The quantitative estimate of drug-likeness (QED) is 0.821. The fourth-order valence-corrected chi connectivity index (χ4v) is 2.29. The zero-order chi connectivity index (χ0) is 14.7. The Kier molecular flexibility index (Phi) is 5.47. The minimum Gasteiger partial charge on any atom is -0.309 e. The lowest BCUT2D eigenvalue weighted by atomic mass is 10.1. The van der Waals surface area contributed by atoms with Crippen LogP contribution in [0.1, 0.15) is 32.4 Å². The second-order valence-corrected chi connectivity index (χ2v) is 8.94. The first-order chi connectivity index (χ1) is 8.67. The van der Waals surface area contributed by atoms with E-state index in [0.717, 1.165) is 0 Å². The topological polar surface area (TPSA) is 46.2 Å². The Hall–Kier alpha value is -0.520. The largest absolute Gasteiger partial charge is 0.309 e. The van der Waals surface area contributed by atoms with Gasteiger partial charge in [-0.2, -0.15) is 0 Å². The highest BCUT2D eigenvalue weighted by molar-refractivity contribution is 7.98. The van der Waals surface area contributed by atoms with Crippen LogP contribution in [-0.4, -0.2) is 32.2 Å². The van der Waals surface area contributed by atoms with Crippen LogP contribution in [0.2, 0.25) is 0 Å². The first-order valence-electron chi connectivity index (χ1n) is 6.24. The minimum absolute atomic E-state index is 0.136. The molecule has 0 fully saturated rings. The molecule has 3 nitrogen and oxygen atoms in total. The molecule has 0 aliphatic carbocycles. The maximum absolute atomic E-state index is 11.6. The summed E-state index contributed by atoms with van der Waals surface area (Å²) in [4.78, 5) is 1.23. The van der Waals surface area contributed by atoms with Gasteiger partial charge in [-0.05, 0) is 44.7 Å². The lowest BCUT2D eigenvalue weighted by molar-refractivity contribution is 0.489. The molecular formula is C14H23NO2S2. The molecule has 1 atom stereocenters. The molecule has 0 radical (unpaired) electrons. The summed E-state index contributed by atoms with van der Waals surface area (Å²) in [5.41, 5.74) is 1.17. The molecule has 0 heterocycles. The third kappa shape index (κ3) is 4.51. The van der Waals surface area contributed by atoms with Crippen molar-refractivity contribution in [3.05, 3.63) is 29.8 Å². The summed E-state index contributed by atoms with van der Waals surface area (Å²) in [5.74, 6) is 0. The lowest BCUT2D eigenvalue weighted by Crippen LogP contribution is -2.42. The molecule has 1 N–H and O–H groups in total. The predicted octanol–water partition coefficient (Wildman–Crippen LogP) is 2.88. The Bertz CT molecular complexity index is 507. The van der Waals surface area contributed by atoms with Gasteiger partial charge in [-0.25, -0.2) is 8.42 Å². The molecule has 1 aromatic rings. The molecular weight excluding hydrogens is 278 g/mol. The van der Waals surface area contributed by atoms with Gasteiger partial charge in [0.15, 0.2) is 9.84 Å². The predicted molar refractivity (Wildman–Crippen MR) is 83.6 cm³/mol. The van der Waals surface area contributed by atoms with Gasteiger partial charge in [0.2, 0.25) is 0 Å². The van der Waals surface area contributed by atoms with Crippen LogP contribution in [0.15, 0.2) is 29.2 Å². The van der Waals surface area contributed by atoms with Crippen molar-refractivity contribution in [3.63, 3.8) is 0 Å². The van der Waals surface area contributed by atoms with E-state index in [9.17, 15) is 8.42 Å². The molecule has 108 valence electrons. The van der Waals surface area contributed by atoms with Gasteiger partial charge in [0.05, 0.1) is 4.75 Å². The molecule has 0 saturated heterocycles. The maximum atomic E-state index is 11.6. The molecule has 0 aliphatic rings. The molecule has 0 aromatic heterocycles. The highest BCUT2D eigenvalue weighted by Crippen LogP contribution is 2.20. The summed E-state index contributed by atoms with van der Waals surface area (Å²) in [6.45, 7) is 5.99. The molecule has 19 heavy (non-hydrogen) atoms. The van der Waals surface area contributed by atoms with E-state index in [-0.39, 0.29) is 6.04 Å². The van der Waals surface area contributed by atoms with Crippen LogP contribution in [0.3, 0.4) is 0 Å². The Labute approximate surface area is 121 Å². The highest BCUT2D eigenvalue weighted by atomic mass is 32.2. The molecule has 1 rings (SSSR count). The first kappa shape index (κ1) is 16.5. The van der Waals surface area contributed by atoms with Gasteiger partial charge in [0, 0.05) is 23.7 Å². The Morgan fingerprint density at radius 3 is 2.21 bits per heavy atom. The number of hydrogen-bond donors (Lipinski definition) is 1. The van der Waals surface area contributed by atoms with E-state index in [0.29, 0.717) is 6.54 Å². The van der Waals surface area contributed by atoms with Gasteiger partial charge >= 0.3 is 0 Å². The maximum Gasteiger partial charge on any atom is 0.153 e. The second kappa shape index (κ2) is 6.29. The number of thioether (sulfide) groups is 1. The van der Waals surface area contributed by atoms with E-state index in [1.807, 2.05) is 13.2 Å². The number of rotatable bonds is 6. The molecule has 0 saturated carbocycles. The van der Waals surface area contributed by atoms with Crippen LogP contribution in [-0.2, 0) is 9.84 Å². The van der Waals surface area contributed by atoms with Crippen molar-refractivity contribution in [2.75, 3.05) is 19.1 Å². The van der Waals surface area contributed by atoms with Gasteiger partial charge < -0.3 is 5.32 Å².